The van der Waals surface area contributed by atoms with Crippen LogP contribution in [0.1, 0.15) is 43.7 Å². The molecule has 1 aliphatic rings. The van der Waals surface area contributed by atoms with Gasteiger partial charge in [0.05, 0.1) is 21.3 Å². The van der Waals surface area contributed by atoms with Gasteiger partial charge in [-0.2, -0.15) is 0 Å². The Labute approximate surface area is 121 Å². The lowest BCUT2D eigenvalue weighted by Gasteiger charge is -2.29. The van der Waals surface area contributed by atoms with Crippen molar-refractivity contribution >= 4 is 0 Å². The van der Waals surface area contributed by atoms with Crippen molar-refractivity contribution in [3.63, 3.8) is 0 Å². The fourth-order valence-electron chi connectivity index (χ4n) is 3.13. The van der Waals surface area contributed by atoms with Crippen LogP contribution in [0.3, 0.4) is 0 Å². The molecule has 2 rings (SSSR count). The molecule has 0 aromatic heterocycles. The van der Waals surface area contributed by atoms with Crippen LogP contribution in [0.4, 0.5) is 0 Å². The van der Waals surface area contributed by atoms with Crippen LogP contribution < -0.4 is 19.9 Å². The first-order valence-corrected chi connectivity index (χ1v) is 7.27. The summed E-state index contributed by atoms with van der Waals surface area (Å²) in [7, 11) is 4.89. The van der Waals surface area contributed by atoms with Crippen LogP contribution in [0.15, 0.2) is 12.1 Å². The summed E-state index contributed by atoms with van der Waals surface area (Å²) in [5, 5.41) is 0. The van der Waals surface area contributed by atoms with Gasteiger partial charge in [0.25, 0.3) is 0 Å². The molecule has 0 spiro atoms. The molecule has 1 atom stereocenters. The average Bonchev–Trinajstić information content (AvgIpc) is 2.53. The summed E-state index contributed by atoms with van der Waals surface area (Å²) >= 11 is 0. The van der Waals surface area contributed by atoms with Gasteiger partial charge in [-0.25, -0.2) is 0 Å². The molecule has 1 aromatic rings. The minimum Gasteiger partial charge on any atom is -0.493 e. The van der Waals surface area contributed by atoms with Crippen molar-refractivity contribution in [1.29, 1.82) is 0 Å². The highest BCUT2D eigenvalue weighted by atomic mass is 16.5. The molecule has 1 aliphatic carbocycles. The summed E-state index contributed by atoms with van der Waals surface area (Å²) in [5.74, 6) is 2.52. The minimum atomic E-state index is -0.00921. The lowest BCUT2D eigenvalue weighted by Crippen LogP contribution is -2.24. The predicted molar refractivity (Wildman–Crippen MR) is 79.6 cm³/mol. The van der Waals surface area contributed by atoms with Crippen molar-refractivity contribution in [2.75, 3.05) is 21.3 Å². The second kappa shape index (κ2) is 6.84. The quantitative estimate of drug-likeness (QED) is 0.898. The Hall–Kier alpha value is -1.42. The van der Waals surface area contributed by atoms with Gasteiger partial charge in [0.2, 0.25) is 5.75 Å². The van der Waals surface area contributed by atoms with Crippen molar-refractivity contribution in [2.45, 2.75) is 38.1 Å². The smallest absolute Gasteiger partial charge is 0.203 e. The summed E-state index contributed by atoms with van der Waals surface area (Å²) in [6, 6.07) is 3.89. The maximum absolute atomic E-state index is 6.48. The van der Waals surface area contributed by atoms with E-state index in [1.54, 1.807) is 21.3 Å². The third-order valence-electron chi connectivity index (χ3n) is 4.25. The summed E-state index contributed by atoms with van der Waals surface area (Å²) < 4.78 is 16.3. The lowest BCUT2D eigenvalue weighted by molar-refractivity contribution is 0.291. The van der Waals surface area contributed by atoms with E-state index in [9.17, 15) is 0 Å². The summed E-state index contributed by atoms with van der Waals surface area (Å²) in [4.78, 5) is 0. The fraction of sp³-hybridized carbons (Fsp3) is 0.625. The van der Waals surface area contributed by atoms with E-state index in [0.717, 1.165) is 5.56 Å². The standard InChI is InChI=1S/C16H25NO3/c1-18-13-10-9-12(15(19-2)16(13)20-3)14(17)11-7-5-4-6-8-11/h9-11,14H,4-8,17H2,1-3H3/t14-/m0/s1. The van der Waals surface area contributed by atoms with Crippen LogP contribution in [-0.2, 0) is 0 Å². The van der Waals surface area contributed by atoms with Gasteiger partial charge in [-0.3, -0.25) is 0 Å². The van der Waals surface area contributed by atoms with Crippen LogP contribution in [0.2, 0.25) is 0 Å². The van der Waals surface area contributed by atoms with E-state index in [1.807, 2.05) is 12.1 Å². The van der Waals surface area contributed by atoms with Crippen LogP contribution in [0.25, 0.3) is 0 Å². The number of benzene rings is 1. The Bertz CT molecular complexity index is 442. The van der Waals surface area contributed by atoms with Crippen LogP contribution in [0.5, 0.6) is 17.2 Å². The maximum atomic E-state index is 6.48. The average molecular weight is 279 g/mol. The molecule has 0 radical (unpaired) electrons. The summed E-state index contributed by atoms with van der Waals surface area (Å²) in [6.07, 6.45) is 6.26. The highest BCUT2D eigenvalue weighted by Crippen LogP contribution is 2.44. The summed E-state index contributed by atoms with van der Waals surface area (Å²) in [6.45, 7) is 0. The van der Waals surface area contributed by atoms with E-state index in [1.165, 1.54) is 32.1 Å². The van der Waals surface area contributed by atoms with Gasteiger partial charge in [-0.1, -0.05) is 19.3 Å². The van der Waals surface area contributed by atoms with Crippen molar-refractivity contribution in [3.8, 4) is 17.2 Å². The van der Waals surface area contributed by atoms with Gasteiger partial charge in [-0.15, -0.1) is 0 Å². The van der Waals surface area contributed by atoms with Crippen molar-refractivity contribution in [3.05, 3.63) is 17.7 Å². The van der Waals surface area contributed by atoms with Gasteiger partial charge < -0.3 is 19.9 Å². The van der Waals surface area contributed by atoms with E-state index < -0.39 is 0 Å². The Morgan fingerprint density at radius 2 is 1.60 bits per heavy atom. The number of hydrogen-bond acceptors (Lipinski definition) is 4. The number of methoxy groups -OCH3 is 3. The zero-order valence-corrected chi connectivity index (χ0v) is 12.6. The van der Waals surface area contributed by atoms with Crippen molar-refractivity contribution < 1.29 is 14.2 Å². The third kappa shape index (κ3) is 2.85. The SMILES string of the molecule is COc1ccc([C@@H](N)C2CCCCC2)c(OC)c1OC. The molecule has 1 fully saturated rings. The van der Waals surface area contributed by atoms with Gasteiger partial charge in [0, 0.05) is 11.6 Å². The summed E-state index contributed by atoms with van der Waals surface area (Å²) in [5.41, 5.74) is 7.50. The molecule has 2 N–H and O–H groups in total. The molecule has 20 heavy (non-hydrogen) atoms. The first-order valence-electron chi connectivity index (χ1n) is 7.27. The monoisotopic (exact) mass is 279 g/mol. The van der Waals surface area contributed by atoms with Gasteiger partial charge in [-0.05, 0) is 30.9 Å². The van der Waals surface area contributed by atoms with Crippen LogP contribution >= 0.6 is 0 Å². The number of ether oxygens (including phenoxy) is 3. The maximum Gasteiger partial charge on any atom is 0.203 e. The zero-order chi connectivity index (χ0) is 14.5. The first kappa shape index (κ1) is 15.0. The molecular weight excluding hydrogens is 254 g/mol. The lowest BCUT2D eigenvalue weighted by atomic mass is 9.81. The van der Waals surface area contributed by atoms with Crippen LogP contribution in [-0.4, -0.2) is 21.3 Å². The van der Waals surface area contributed by atoms with E-state index in [4.69, 9.17) is 19.9 Å². The van der Waals surface area contributed by atoms with Gasteiger partial charge >= 0.3 is 0 Å². The second-order valence-electron chi connectivity index (χ2n) is 5.35. The fourth-order valence-corrected chi connectivity index (χ4v) is 3.13. The number of rotatable bonds is 5. The first-order chi connectivity index (χ1) is 9.72. The molecule has 0 heterocycles. The third-order valence-corrected chi connectivity index (χ3v) is 4.25. The van der Waals surface area contributed by atoms with Crippen LogP contribution in [0, 0.1) is 5.92 Å². The second-order valence-corrected chi connectivity index (χ2v) is 5.35. The number of nitrogens with two attached hydrogens (primary N) is 1. The molecule has 4 heteroatoms. The molecule has 112 valence electrons. The van der Waals surface area contributed by atoms with E-state index in [2.05, 4.69) is 0 Å². The minimum absolute atomic E-state index is 0.00921. The Kier molecular flexibility index (Phi) is 5.12. The molecular formula is C16H25NO3. The molecule has 1 saturated carbocycles. The Morgan fingerprint density at radius 1 is 0.950 bits per heavy atom. The Morgan fingerprint density at radius 3 is 2.15 bits per heavy atom. The topological polar surface area (TPSA) is 53.7 Å². The van der Waals surface area contributed by atoms with Crippen molar-refractivity contribution in [2.24, 2.45) is 11.7 Å². The predicted octanol–water partition coefficient (Wildman–Crippen LogP) is 3.29. The van der Waals surface area contributed by atoms with Crippen molar-refractivity contribution in [1.82, 2.24) is 0 Å². The number of hydrogen-bond donors (Lipinski definition) is 1. The Balaban J connectivity index is 2.34. The largest absolute Gasteiger partial charge is 0.493 e. The zero-order valence-electron chi connectivity index (χ0n) is 12.6. The molecule has 4 nitrogen and oxygen atoms in total. The van der Waals surface area contributed by atoms with Gasteiger partial charge in [0.15, 0.2) is 11.5 Å². The normalized spacial score (nSPS) is 17.6. The van der Waals surface area contributed by atoms with E-state index in [-0.39, 0.29) is 6.04 Å². The molecule has 0 bridgehead atoms. The molecule has 0 saturated heterocycles. The van der Waals surface area contributed by atoms with Gasteiger partial charge in [0.1, 0.15) is 0 Å². The molecule has 0 amide bonds. The highest BCUT2D eigenvalue weighted by Gasteiger charge is 2.27. The molecule has 0 aliphatic heterocycles. The van der Waals surface area contributed by atoms with E-state index in [0.29, 0.717) is 23.2 Å². The molecule has 1 aromatic carbocycles. The van der Waals surface area contributed by atoms with E-state index >= 15 is 0 Å². The highest BCUT2D eigenvalue weighted by molar-refractivity contribution is 5.56. The molecule has 0 unspecified atom stereocenters.